The van der Waals surface area contributed by atoms with Crippen LogP contribution >= 0.6 is 0 Å². The van der Waals surface area contributed by atoms with Crippen molar-refractivity contribution in [1.82, 2.24) is 20.0 Å². The van der Waals surface area contributed by atoms with Gasteiger partial charge in [-0.1, -0.05) is 37.8 Å². The minimum atomic E-state index is -1.06. The summed E-state index contributed by atoms with van der Waals surface area (Å²) in [5.74, 6) is -1.06. The molecule has 2 heterocycles. The molecule has 6 nitrogen and oxygen atoms in total. The second-order valence-corrected chi connectivity index (χ2v) is 4.97. The van der Waals surface area contributed by atoms with Crippen molar-refractivity contribution < 1.29 is 9.90 Å². The Kier molecular flexibility index (Phi) is 5.43. The lowest BCUT2D eigenvalue weighted by Crippen LogP contribution is -2.05. The van der Waals surface area contributed by atoms with E-state index in [1.165, 1.54) is 19.3 Å². The van der Waals surface area contributed by atoms with Crippen LogP contribution in [-0.4, -0.2) is 31.1 Å². The third kappa shape index (κ3) is 3.87. The molecule has 21 heavy (non-hydrogen) atoms. The van der Waals surface area contributed by atoms with Crippen LogP contribution in [0.5, 0.6) is 0 Å². The Morgan fingerprint density at radius 1 is 1.19 bits per heavy atom. The van der Waals surface area contributed by atoms with E-state index in [1.54, 1.807) is 29.2 Å². The van der Waals surface area contributed by atoms with Gasteiger partial charge in [-0.3, -0.25) is 4.98 Å². The molecule has 0 radical (unpaired) electrons. The van der Waals surface area contributed by atoms with Crippen LogP contribution in [0.4, 0.5) is 0 Å². The number of aromatic nitrogens is 4. The molecule has 0 amide bonds. The molecule has 0 aliphatic heterocycles. The standard InChI is InChI=1S/C15H20N4O2/c1-2-3-4-5-6-11-19-14(12-7-9-16-10-8-12)13(15(20)21)17-18-19/h7-10H,2-6,11H2,1H3,(H,20,21). The van der Waals surface area contributed by atoms with Gasteiger partial charge in [0, 0.05) is 24.5 Å². The molecule has 0 saturated heterocycles. The van der Waals surface area contributed by atoms with Crippen molar-refractivity contribution >= 4 is 5.97 Å². The molecular weight excluding hydrogens is 268 g/mol. The minimum absolute atomic E-state index is 0.00485. The minimum Gasteiger partial charge on any atom is -0.476 e. The molecule has 112 valence electrons. The third-order valence-corrected chi connectivity index (χ3v) is 3.36. The average Bonchev–Trinajstić information content (AvgIpc) is 2.92. The van der Waals surface area contributed by atoms with Crippen LogP contribution in [0.3, 0.4) is 0 Å². The highest BCUT2D eigenvalue weighted by Crippen LogP contribution is 2.22. The predicted octanol–water partition coefficient (Wildman–Crippen LogP) is 3.01. The van der Waals surface area contributed by atoms with E-state index in [4.69, 9.17) is 0 Å². The third-order valence-electron chi connectivity index (χ3n) is 3.36. The Labute approximate surface area is 123 Å². The molecular formula is C15H20N4O2. The van der Waals surface area contributed by atoms with E-state index in [-0.39, 0.29) is 5.69 Å². The van der Waals surface area contributed by atoms with Crippen LogP contribution in [0.2, 0.25) is 0 Å². The molecule has 0 aliphatic carbocycles. The van der Waals surface area contributed by atoms with Crippen LogP contribution in [0, 0.1) is 0 Å². The number of carbonyl (C=O) groups is 1. The topological polar surface area (TPSA) is 80.9 Å². The fraction of sp³-hybridized carbons (Fsp3) is 0.467. The largest absolute Gasteiger partial charge is 0.476 e. The van der Waals surface area contributed by atoms with Crippen molar-refractivity contribution in [1.29, 1.82) is 0 Å². The lowest BCUT2D eigenvalue weighted by Gasteiger charge is -2.07. The number of unbranched alkanes of at least 4 members (excludes halogenated alkanes) is 4. The van der Waals surface area contributed by atoms with Gasteiger partial charge < -0.3 is 5.11 Å². The van der Waals surface area contributed by atoms with E-state index in [0.717, 1.165) is 18.4 Å². The Balaban J connectivity index is 2.16. The van der Waals surface area contributed by atoms with Crippen molar-refractivity contribution in [2.75, 3.05) is 0 Å². The second kappa shape index (κ2) is 7.52. The molecule has 0 fully saturated rings. The highest BCUT2D eigenvalue weighted by molar-refractivity contribution is 5.92. The molecule has 0 aromatic carbocycles. The molecule has 6 heteroatoms. The van der Waals surface area contributed by atoms with E-state index in [0.29, 0.717) is 12.2 Å². The molecule has 0 spiro atoms. The molecule has 2 aromatic rings. The van der Waals surface area contributed by atoms with E-state index in [1.807, 2.05) is 0 Å². The predicted molar refractivity (Wildman–Crippen MR) is 79.0 cm³/mol. The van der Waals surface area contributed by atoms with Gasteiger partial charge in [0.25, 0.3) is 0 Å². The number of aryl methyl sites for hydroxylation is 1. The zero-order valence-electron chi connectivity index (χ0n) is 12.2. The van der Waals surface area contributed by atoms with Crippen molar-refractivity contribution in [2.24, 2.45) is 0 Å². The fourth-order valence-corrected chi connectivity index (χ4v) is 2.27. The van der Waals surface area contributed by atoms with Crippen molar-refractivity contribution in [3.63, 3.8) is 0 Å². The van der Waals surface area contributed by atoms with Gasteiger partial charge in [-0.25, -0.2) is 9.48 Å². The van der Waals surface area contributed by atoms with E-state index in [2.05, 4.69) is 22.2 Å². The number of carboxylic acids is 1. The molecule has 0 unspecified atom stereocenters. The number of hydrogen-bond acceptors (Lipinski definition) is 4. The summed E-state index contributed by atoms with van der Waals surface area (Å²) in [6, 6.07) is 3.55. The smallest absolute Gasteiger partial charge is 0.358 e. The highest BCUT2D eigenvalue weighted by atomic mass is 16.4. The number of aromatic carboxylic acids is 1. The average molecular weight is 288 g/mol. The molecule has 1 N–H and O–H groups in total. The van der Waals surface area contributed by atoms with Crippen molar-refractivity contribution in [3.05, 3.63) is 30.2 Å². The van der Waals surface area contributed by atoms with Gasteiger partial charge in [0.1, 0.15) is 5.69 Å². The monoisotopic (exact) mass is 288 g/mol. The SMILES string of the molecule is CCCCCCCn1nnc(C(=O)O)c1-c1ccncc1. The molecule has 0 saturated carbocycles. The first-order chi connectivity index (χ1) is 10.2. The van der Waals surface area contributed by atoms with Crippen molar-refractivity contribution in [2.45, 2.75) is 45.6 Å². The van der Waals surface area contributed by atoms with Gasteiger partial charge in [0.05, 0.1) is 0 Å². The van der Waals surface area contributed by atoms with E-state index in [9.17, 15) is 9.90 Å². The number of rotatable bonds is 8. The summed E-state index contributed by atoms with van der Waals surface area (Å²) < 4.78 is 1.69. The summed E-state index contributed by atoms with van der Waals surface area (Å²) >= 11 is 0. The maximum atomic E-state index is 11.3. The lowest BCUT2D eigenvalue weighted by atomic mass is 10.1. The summed E-state index contributed by atoms with van der Waals surface area (Å²) in [5.41, 5.74) is 1.33. The summed E-state index contributed by atoms with van der Waals surface area (Å²) in [5, 5.41) is 17.0. The molecule has 0 atom stereocenters. The maximum Gasteiger partial charge on any atom is 0.358 e. The summed E-state index contributed by atoms with van der Waals surface area (Å²) in [6.45, 7) is 2.86. The zero-order chi connectivity index (χ0) is 15.1. The Morgan fingerprint density at radius 3 is 2.57 bits per heavy atom. The molecule has 2 aromatic heterocycles. The molecule has 2 rings (SSSR count). The first-order valence-electron chi connectivity index (χ1n) is 7.31. The maximum absolute atomic E-state index is 11.3. The van der Waals surface area contributed by atoms with Gasteiger partial charge >= 0.3 is 5.97 Å². The van der Waals surface area contributed by atoms with Gasteiger partial charge in [0.2, 0.25) is 0 Å². The summed E-state index contributed by atoms with van der Waals surface area (Å²) in [4.78, 5) is 15.2. The molecule has 0 aliphatic rings. The van der Waals surface area contributed by atoms with Gasteiger partial charge in [-0.2, -0.15) is 0 Å². The van der Waals surface area contributed by atoms with Gasteiger partial charge in [-0.05, 0) is 18.6 Å². The normalized spacial score (nSPS) is 10.7. The molecule has 0 bridgehead atoms. The van der Waals surface area contributed by atoms with E-state index < -0.39 is 5.97 Å². The number of carboxylic acid groups (broad SMARTS) is 1. The van der Waals surface area contributed by atoms with Crippen LogP contribution < -0.4 is 0 Å². The van der Waals surface area contributed by atoms with Crippen LogP contribution in [0.25, 0.3) is 11.3 Å². The Morgan fingerprint density at radius 2 is 1.90 bits per heavy atom. The first-order valence-corrected chi connectivity index (χ1v) is 7.31. The van der Waals surface area contributed by atoms with Crippen LogP contribution in [-0.2, 0) is 6.54 Å². The van der Waals surface area contributed by atoms with E-state index >= 15 is 0 Å². The van der Waals surface area contributed by atoms with Gasteiger partial charge in [-0.15, -0.1) is 5.10 Å². The van der Waals surface area contributed by atoms with Crippen LogP contribution in [0.15, 0.2) is 24.5 Å². The zero-order valence-corrected chi connectivity index (χ0v) is 12.2. The second-order valence-electron chi connectivity index (χ2n) is 4.97. The Hall–Kier alpha value is -2.24. The first kappa shape index (κ1) is 15.2. The Bertz CT molecular complexity index is 581. The van der Waals surface area contributed by atoms with Gasteiger partial charge in [0.15, 0.2) is 5.69 Å². The quantitative estimate of drug-likeness (QED) is 0.755. The number of hydrogen-bond donors (Lipinski definition) is 1. The highest BCUT2D eigenvalue weighted by Gasteiger charge is 2.20. The summed E-state index contributed by atoms with van der Waals surface area (Å²) in [7, 11) is 0. The van der Waals surface area contributed by atoms with Crippen molar-refractivity contribution in [3.8, 4) is 11.3 Å². The fourth-order valence-electron chi connectivity index (χ4n) is 2.27. The lowest BCUT2D eigenvalue weighted by molar-refractivity contribution is 0.0691. The summed E-state index contributed by atoms with van der Waals surface area (Å²) in [6.07, 6.45) is 9.00. The number of nitrogens with zero attached hydrogens (tertiary/aromatic N) is 4. The van der Waals surface area contributed by atoms with Crippen LogP contribution in [0.1, 0.15) is 49.5 Å². The number of pyridine rings is 1.